The highest BCUT2D eigenvalue weighted by Gasteiger charge is 2.25. The van der Waals surface area contributed by atoms with Crippen LogP contribution >= 0.6 is 23.1 Å². The molecule has 0 aliphatic carbocycles. The molecule has 2 aromatic heterocycles. The van der Waals surface area contributed by atoms with E-state index in [2.05, 4.69) is 37.4 Å². The minimum atomic E-state index is -0.0816. The SMILES string of the molecule is Cc1ccc(-n2nc3c(c2NC(=O)c2ccsc2)CSC3)c(C)c1. The summed E-state index contributed by atoms with van der Waals surface area (Å²) in [4.78, 5) is 12.5. The summed E-state index contributed by atoms with van der Waals surface area (Å²) < 4.78 is 1.89. The van der Waals surface area contributed by atoms with Gasteiger partial charge >= 0.3 is 0 Å². The molecule has 1 aliphatic heterocycles. The Kier molecular flexibility index (Phi) is 3.94. The second kappa shape index (κ2) is 6.11. The number of carbonyl (C=O) groups excluding carboxylic acids is 1. The fraction of sp³-hybridized carbons (Fsp3) is 0.222. The first-order valence-electron chi connectivity index (χ1n) is 7.73. The van der Waals surface area contributed by atoms with Crippen molar-refractivity contribution in [1.82, 2.24) is 9.78 Å². The zero-order valence-corrected chi connectivity index (χ0v) is 15.1. The lowest BCUT2D eigenvalue weighted by molar-refractivity contribution is 0.102. The van der Waals surface area contributed by atoms with Crippen molar-refractivity contribution in [2.75, 3.05) is 5.32 Å². The number of nitrogens with one attached hydrogen (secondary N) is 1. The molecule has 3 heterocycles. The number of thiophene rings is 1. The Labute approximate surface area is 148 Å². The molecule has 0 radical (unpaired) electrons. The Morgan fingerprint density at radius 3 is 2.88 bits per heavy atom. The molecule has 0 atom stereocenters. The number of hydrogen-bond donors (Lipinski definition) is 1. The van der Waals surface area contributed by atoms with Crippen LogP contribution < -0.4 is 5.32 Å². The number of carbonyl (C=O) groups is 1. The number of fused-ring (bicyclic) bond motifs is 1. The third-order valence-electron chi connectivity index (χ3n) is 4.15. The number of aromatic nitrogens is 2. The van der Waals surface area contributed by atoms with Crippen molar-refractivity contribution in [2.24, 2.45) is 0 Å². The molecule has 0 unspecified atom stereocenters. The lowest BCUT2D eigenvalue weighted by Gasteiger charge is -2.13. The van der Waals surface area contributed by atoms with Crippen molar-refractivity contribution < 1.29 is 4.79 Å². The van der Waals surface area contributed by atoms with Gasteiger partial charge in [-0.2, -0.15) is 28.2 Å². The number of thioether (sulfide) groups is 1. The van der Waals surface area contributed by atoms with Gasteiger partial charge in [-0.3, -0.25) is 4.79 Å². The van der Waals surface area contributed by atoms with Crippen LogP contribution in [-0.2, 0) is 11.5 Å². The summed E-state index contributed by atoms with van der Waals surface area (Å²) in [6, 6.07) is 8.13. The molecule has 0 saturated heterocycles. The molecule has 4 rings (SSSR count). The highest BCUT2D eigenvalue weighted by atomic mass is 32.2. The van der Waals surface area contributed by atoms with Gasteiger partial charge in [0.15, 0.2) is 0 Å². The predicted molar refractivity (Wildman–Crippen MR) is 100 cm³/mol. The van der Waals surface area contributed by atoms with E-state index in [0.29, 0.717) is 5.56 Å². The van der Waals surface area contributed by atoms with Crippen molar-refractivity contribution in [1.29, 1.82) is 0 Å². The smallest absolute Gasteiger partial charge is 0.257 e. The monoisotopic (exact) mass is 355 g/mol. The fourth-order valence-electron chi connectivity index (χ4n) is 2.93. The van der Waals surface area contributed by atoms with Crippen LogP contribution in [0.3, 0.4) is 0 Å². The number of aryl methyl sites for hydroxylation is 2. The molecule has 0 saturated carbocycles. The normalized spacial score (nSPS) is 13.1. The maximum Gasteiger partial charge on any atom is 0.257 e. The van der Waals surface area contributed by atoms with Crippen LogP contribution in [0.5, 0.6) is 0 Å². The summed E-state index contributed by atoms with van der Waals surface area (Å²) in [6.07, 6.45) is 0. The van der Waals surface area contributed by atoms with E-state index < -0.39 is 0 Å². The van der Waals surface area contributed by atoms with Crippen molar-refractivity contribution in [3.8, 4) is 5.69 Å². The molecule has 0 fully saturated rings. The molecule has 4 nitrogen and oxygen atoms in total. The lowest BCUT2D eigenvalue weighted by atomic mass is 10.1. The van der Waals surface area contributed by atoms with Crippen molar-refractivity contribution in [2.45, 2.75) is 25.4 Å². The van der Waals surface area contributed by atoms with Gasteiger partial charge in [-0.05, 0) is 36.9 Å². The number of hydrogen-bond acceptors (Lipinski definition) is 4. The number of benzene rings is 1. The van der Waals surface area contributed by atoms with E-state index in [4.69, 9.17) is 5.10 Å². The zero-order chi connectivity index (χ0) is 16.7. The number of anilines is 1. The fourth-order valence-corrected chi connectivity index (χ4v) is 4.60. The molecule has 1 N–H and O–H groups in total. The van der Waals surface area contributed by atoms with Gasteiger partial charge in [0.05, 0.1) is 16.9 Å². The van der Waals surface area contributed by atoms with E-state index >= 15 is 0 Å². The molecule has 6 heteroatoms. The Bertz CT molecular complexity index is 913. The Hall–Kier alpha value is -2.05. The second-order valence-corrected chi connectivity index (χ2v) is 7.70. The van der Waals surface area contributed by atoms with Crippen molar-refractivity contribution >= 4 is 34.8 Å². The van der Waals surface area contributed by atoms with Crippen LogP contribution in [0.4, 0.5) is 5.82 Å². The van der Waals surface area contributed by atoms with Crippen LogP contribution in [0.1, 0.15) is 32.7 Å². The first-order chi connectivity index (χ1) is 11.6. The van der Waals surface area contributed by atoms with E-state index in [-0.39, 0.29) is 5.91 Å². The topological polar surface area (TPSA) is 46.9 Å². The average Bonchev–Trinajstić information content (AvgIpc) is 3.25. The van der Waals surface area contributed by atoms with Gasteiger partial charge in [-0.15, -0.1) is 0 Å². The summed E-state index contributed by atoms with van der Waals surface area (Å²) in [7, 11) is 0. The van der Waals surface area contributed by atoms with Gasteiger partial charge < -0.3 is 5.32 Å². The van der Waals surface area contributed by atoms with Crippen LogP contribution in [0, 0.1) is 13.8 Å². The zero-order valence-electron chi connectivity index (χ0n) is 13.5. The van der Waals surface area contributed by atoms with E-state index in [1.807, 2.05) is 33.3 Å². The van der Waals surface area contributed by atoms with Gasteiger partial charge in [0.1, 0.15) is 5.82 Å². The summed E-state index contributed by atoms with van der Waals surface area (Å²) in [5, 5.41) is 11.6. The van der Waals surface area contributed by atoms with E-state index in [1.54, 1.807) is 0 Å². The average molecular weight is 355 g/mol. The highest BCUT2D eigenvalue weighted by molar-refractivity contribution is 7.98. The molecule has 24 heavy (non-hydrogen) atoms. The maximum absolute atomic E-state index is 12.5. The molecule has 1 aromatic carbocycles. The lowest BCUT2D eigenvalue weighted by Crippen LogP contribution is -2.16. The number of amides is 1. The molecular formula is C18H17N3OS2. The van der Waals surface area contributed by atoms with Gasteiger partial charge in [0, 0.05) is 22.4 Å². The molecule has 122 valence electrons. The highest BCUT2D eigenvalue weighted by Crippen LogP contribution is 2.36. The summed E-state index contributed by atoms with van der Waals surface area (Å²) >= 11 is 3.36. The van der Waals surface area contributed by atoms with E-state index in [0.717, 1.165) is 39.8 Å². The van der Waals surface area contributed by atoms with Crippen LogP contribution in [-0.4, -0.2) is 15.7 Å². The van der Waals surface area contributed by atoms with Gasteiger partial charge in [0.2, 0.25) is 0 Å². The molecular weight excluding hydrogens is 338 g/mol. The predicted octanol–water partition coefficient (Wildman–Crippen LogP) is 4.55. The third kappa shape index (κ3) is 2.65. The summed E-state index contributed by atoms with van der Waals surface area (Å²) in [5.41, 5.74) is 6.28. The van der Waals surface area contributed by atoms with Crippen LogP contribution in [0.2, 0.25) is 0 Å². The Morgan fingerprint density at radius 1 is 1.25 bits per heavy atom. The van der Waals surface area contributed by atoms with E-state index in [1.165, 1.54) is 16.9 Å². The molecule has 1 aliphatic rings. The summed E-state index contributed by atoms with van der Waals surface area (Å²) in [6.45, 7) is 4.16. The molecule has 1 amide bonds. The standard InChI is InChI=1S/C18H17N3OS2/c1-11-3-4-16(12(2)7-11)21-17(14-9-24-10-15(14)20-21)19-18(22)13-5-6-23-8-13/h3-8H,9-10H2,1-2H3,(H,19,22). The minimum absolute atomic E-state index is 0.0816. The number of rotatable bonds is 3. The van der Waals surface area contributed by atoms with E-state index in [9.17, 15) is 4.79 Å². The second-order valence-electron chi connectivity index (χ2n) is 5.93. The first kappa shape index (κ1) is 15.5. The van der Waals surface area contributed by atoms with Crippen molar-refractivity contribution in [3.05, 3.63) is 63.0 Å². The molecule has 0 spiro atoms. The minimum Gasteiger partial charge on any atom is -0.306 e. The first-order valence-corrected chi connectivity index (χ1v) is 9.83. The molecule has 3 aromatic rings. The maximum atomic E-state index is 12.5. The largest absolute Gasteiger partial charge is 0.306 e. The van der Waals surface area contributed by atoms with Crippen LogP contribution in [0.15, 0.2) is 35.0 Å². The quantitative estimate of drug-likeness (QED) is 0.750. The van der Waals surface area contributed by atoms with Crippen molar-refractivity contribution in [3.63, 3.8) is 0 Å². The van der Waals surface area contributed by atoms with Gasteiger partial charge in [-0.25, -0.2) is 4.68 Å². The van der Waals surface area contributed by atoms with Gasteiger partial charge in [-0.1, -0.05) is 17.7 Å². The van der Waals surface area contributed by atoms with Crippen LogP contribution in [0.25, 0.3) is 5.69 Å². The number of nitrogens with zero attached hydrogens (tertiary/aromatic N) is 2. The summed E-state index contributed by atoms with van der Waals surface area (Å²) in [5.74, 6) is 2.51. The Balaban J connectivity index is 1.79. The Morgan fingerprint density at radius 2 is 2.12 bits per heavy atom. The third-order valence-corrected chi connectivity index (χ3v) is 5.80. The van der Waals surface area contributed by atoms with Gasteiger partial charge in [0.25, 0.3) is 5.91 Å². The molecule has 0 bridgehead atoms.